The minimum atomic E-state index is -0.770. The number of ether oxygens (including phenoxy) is 4. The minimum Gasteiger partial charge on any atom is -0.493 e. The van der Waals surface area contributed by atoms with E-state index in [4.69, 9.17) is 18.9 Å². The predicted octanol–water partition coefficient (Wildman–Crippen LogP) is 6.68. The zero-order valence-corrected chi connectivity index (χ0v) is 25.5. The summed E-state index contributed by atoms with van der Waals surface area (Å²) in [6.45, 7) is 6.97. The Morgan fingerprint density at radius 2 is 1.63 bits per heavy atom. The highest BCUT2D eigenvalue weighted by Crippen LogP contribution is 2.42. The third-order valence-electron chi connectivity index (χ3n) is 7.40. The van der Waals surface area contributed by atoms with Crippen molar-refractivity contribution in [3.05, 3.63) is 76.6 Å². The van der Waals surface area contributed by atoms with Gasteiger partial charge in [-0.2, -0.15) is 0 Å². The number of hydrogen-bond donors (Lipinski definition) is 1. The van der Waals surface area contributed by atoms with E-state index in [0.717, 1.165) is 42.1 Å². The normalized spacial score (nSPS) is 14.3. The number of halogens is 1. The first kappa shape index (κ1) is 31.5. The van der Waals surface area contributed by atoms with Gasteiger partial charge in [0.05, 0.1) is 19.6 Å². The third-order valence-corrected chi connectivity index (χ3v) is 7.40. The molecule has 1 atom stereocenters. The molecule has 3 aromatic rings. The van der Waals surface area contributed by atoms with Gasteiger partial charge in [-0.25, -0.2) is 4.39 Å². The average Bonchev–Trinajstić information content (AvgIpc) is 2.96. The fourth-order valence-electron chi connectivity index (χ4n) is 5.07. The van der Waals surface area contributed by atoms with Gasteiger partial charge in [0.2, 0.25) is 0 Å². The summed E-state index contributed by atoms with van der Waals surface area (Å²) in [7, 11) is 3.16. The molecule has 4 rings (SSSR count). The smallest absolute Gasteiger partial charge is 0.316 e. The Morgan fingerprint density at radius 3 is 2.28 bits per heavy atom. The zero-order chi connectivity index (χ0) is 31.3. The van der Waals surface area contributed by atoms with Gasteiger partial charge in [-0.05, 0) is 99.0 Å². The number of fused-ring (bicyclic) bond motifs is 1. The van der Waals surface area contributed by atoms with Crippen LogP contribution < -0.4 is 24.3 Å². The van der Waals surface area contributed by atoms with E-state index in [-0.39, 0.29) is 35.4 Å². The molecule has 0 heterocycles. The van der Waals surface area contributed by atoms with E-state index < -0.39 is 17.2 Å². The van der Waals surface area contributed by atoms with Gasteiger partial charge in [-0.15, -0.1) is 0 Å². The number of nitrogens with one attached hydrogen (secondary N) is 1. The summed E-state index contributed by atoms with van der Waals surface area (Å²) in [5, 5.41) is 3.38. The van der Waals surface area contributed by atoms with Crippen LogP contribution in [0.15, 0.2) is 48.5 Å². The first-order valence-corrected chi connectivity index (χ1v) is 14.2. The van der Waals surface area contributed by atoms with Crippen molar-refractivity contribution >= 4 is 23.4 Å². The molecule has 0 radical (unpaired) electrons. The van der Waals surface area contributed by atoms with Crippen molar-refractivity contribution in [2.75, 3.05) is 26.1 Å². The Kier molecular flexibility index (Phi) is 9.73. The van der Waals surface area contributed by atoms with Crippen LogP contribution in [0.25, 0.3) is 0 Å². The third kappa shape index (κ3) is 7.71. The van der Waals surface area contributed by atoms with E-state index in [9.17, 15) is 18.8 Å². The summed E-state index contributed by atoms with van der Waals surface area (Å²) < 4.78 is 35.9. The molecule has 0 amide bonds. The van der Waals surface area contributed by atoms with Crippen LogP contribution in [0.4, 0.5) is 10.1 Å². The zero-order valence-electron chi connectivity index (χ0n) is 25.5. The molecule has 228 valence electrons. The minimum absolute atomic E-state index is 0.115. The number of carbonyl (C=O) groups is 3. The maximum Gasteiger partial charge on any atom is 0.316 e. The van der Waals surface area contributed by atoms with E-state index in [1.165, 1.54) is 24.6 Å². The highest BCUT2D eigenvalue weighted by molar-refractivity contribution is 5.96. The summed E-state index contributed by atoms with van der Waals surface area (Å²) in [5.41, 5.74) is 3.81. The van der Waals surface area contributed by atoms with E-state index in [1.54, 1.807) is 14.2 Å². The molecule has 8 nitrogen and oxygen atoms in total. The Bertz CT molecular complexity index is 1530. The molecule has 0 fully saturated rings. The number of aryl methyl sites for hydroxylation is 1. The molecule has 0 bridgehead atoms. The number of anilines is 1. The highest BCUT2D eigenvalue weighted by atomic mass is 19.1. The van der Waals surface area contributed by atoms with Crippen LogP contribution in [-0.4, -0.2) is 38.5 Å². The molecule has 0 spiro atoms. The highest BCUT2D eigenvalue weighted by Gasteiger charge is 2.27. The molecule has 0 aromatic heterocycles. The number of ketones is 1. The SMILES string of the molecule is COc1cc(NCCC(=O)c2ccc(OC(C)=O)c(F)c2)c([C@@H]2CCc3cc(OC(=O)C(C)(C)C)ccc3C2)cc1OC. The van der Waals surface area contributed by atoms with Crippen LogP contribution in [0.5, 0.6) is 23.0 Å². The molecule has 1 N–H and O–H groups in total. The molecule has 0 saturated carbocycles. The summed E-state index contributed by atoms with van der Waals surface area (Å²) in [6.07, 6.45) is 2.56. The number of rotatable bonds is 10. The summed E-state index contributed by atoms with van der Waals surface area (Å²) in [5.74, 6) is -0.264. The maximum absolute atomic E-state index is 14.3. The number of Topliss-reactive ketones (excluding diaryl/α,β-unsaturated/α-hetero) is 1. The second-order valence-electron chi connectivity index (χ2n) is 11.6. The molecule has 1 aliphatic carbocycles. The molecule has 43 heavy (non-hydrogen) atoms. The maximum atomic E-state index is 14.3. The van der Waals surface area contributed by atoms with Crippen LogP contribution in [0, 0.1) is 11.2 Å². The van der Waals surface area contributed by atoms with Crippen molar-refractivity contribution in [1.29, 1.82) is 0 Å². The van der Waals surface area contributed by atoms with E-state index >= 15 is 0 Å². The molecule has 0 unspecified atom stereocenters. The van der Waals surface area contributed by atoms with Gasteiger partial charge in [0.15, 0.2) is 28.8 Å². The summed E-state index contributed by atoms with van der Waals surface area (Å²) in [6, 6.07) is 13.5. The summed E-state index contributed by atoms with van der Waals surface area (Å²) >= 11 is 0. The lowest BCUT2D eigenvalue weighted by atomic mass is 9.79. The van der Waals surface area contributed by atoms with Crippen molar-refractivity contribution in [1.82, 2.24) is 0 Å². The van der Waals surface area contributed by atoms with Gasteiger partial charge in [0.1, 0.15) is 5.75 Å². The Hall–Kier alpha value is -4.40. The molecule has 3 aromatic carbocycles. The van der Waals surface area contributed by atoms with Crippen LogP contribution in [0.2, 0.25) is 0 Å². The van der Waals surface area contributed by atoms with Crippen molar-refractivity contribution in [3.8, 4) is 23.0 Å². The second kappa shape index (κ2) is 13.3. The number of benzene rings is 3. The Morgan fingerprint density at radius 1 is 0.907 bits per heavy atom. The monoisotopic (exact) mass is 591 g/mol. The quantitative estimate of drug-likeness (QED) is 0.158. The largest absolute Gasteiger partial charge is 0.493 e. The van der Waals surface area contributed by atoms with E-state index in [1.807, 2.05) is 51.1 Å². The first-order valence-electron chi connectivity index (χ1n) is 14.2. The van der Waals surface area contributed by atoms with Gasteiger partial charge in [0.25, 0.3) is 0 Å². The lowest BCUT2D eigenvalue weighted by molar-refractivity contribution is -0.143. The molecule has 0 aliphatic heterocycles. The fraction of sp³-hybridized carbons (Fsp3) is 0.382. The van der Waals surface area contributed by atoms with Crippen LogP contribution >= 0.6 is 0 Å². The topological polar surface area (TPSA) is 100 Å². The number of hydrogen-bond acceptors (Lipinski definition) is 8. The molecule has 9 heteroatoms. The molecule has 1 aliphatic rings. The Balaban J connectivity index is 1.50. The van der Waals surface area contributed by atoms with Crippen LogP contribution in [-0.2, 0) is 22.4 Å². The van der Waals surface area contributed by atoms with Gasteiger partial charge in [-0.1, -0.05) is 6.07 Å². The standard InChI is InChI=1S/C34H38FNO7/c1-20(37)42-30-12-10-24(17-27(30)35)29(38)13-14-36-28-19-32(41-6)31(40-5)18-26(28)23-8-7-22-16-25(11-9-21(22)15-23)43-33(39)34(2,3)4/h9-12,16-19,23,36H,7-8,13-15H2,1-6H3/t23-/m1/s1. The van der Waals surface area contributed by atoms with Crippen LogP contribution in [0.3, 0.4) is 0 Å². The lowest BCUT2D eigenvalue weighted by Crippen LogP contribution is -2.25. The van der Waals surface area contributed by atoms with Crippen molar-refractivity contribution in [2.45, 2.75) is 59.3 Å². The lowest BCUT2D eigenvalue weighted by Gasteiger charge is -2.28. The van der Waals surface area contributed by atoms with E-state index in [0.29, 0.717) is 23.8 Å². The predicted molar refractivity (Wildman–Crippen MR) is 161 cm³/mol. The number of carbonyl (C=O) groups excluding carboxylic acids is 3. The number of methoxy groups -OCH3 is 2. The molecular formula is C34H38FNO7. The number of esters is 2. The van der Waals surface area contributed by atoms with Gasteiger partial charge in [-0.3, -0.25) is 14.4 Å². The average molecular weight is 592 g/mol. The first-order chi connectivity index (χ1) is 20.4. The van der Waals surface area contributed by atoms with Crippen molar-refractivity contribution < 1.29 is 37.7 Å². The van der Waals surface area contributed by atoms with Crippen molar-refractivity contribution in [3.63, 3.8) is 0 Å². The Labute approximate surface area is 251 Å². The van der Waals surface area contributed by atoms with Crippen LogP contribution in [0.1, 0.15) is 73.5 Å². The molecular weight excluding hydrogens is 553 g/mol. The van der Waals surface area contributed by atoms with E-state index in [2.05, 4.69) is 5.32 Å². The fourth-order valence-corrected chi connectivity index (χ4v) is 5.07. The van der Waals surface area contributed by atoms with Crippen molar-refractivity contribution in [2.24, 2.45) is 5.41 Å². The van der Waals surface area contributed by atoms with Gasteiger partial charge in [0, 0.05) is 37.2 Å². The summed E-state index contributed by atoms with van der Waals surface area (Å²) in [4.78, 5) is 36.3. The second-order valence-corrected chi connectivity index (χ2v) is 11.6. The van der Waals surface area contributed by atoms with Gasteiger partial charge < -0.3 is 24.3 Å². The molecule has 0 saturated heterocycles. The van der Waals surface area contributed by atoms with Gasteiger partial charge >= 0.3 is 11.9 Å².